The SMILES string of the molecule is COc1cc(=O)c(C(F)F)c(CBr)[nH]1. The molecule has 6 heteroatoms. The molecule has 78 valence electrons. The van der Waals surface area contributed by atoms with Crippen LogP contribution >= 0.6 is 15.9 Å². The lowest BCUT2D eigenvalue weighted by molar-refractivity contribution is 0.148. The Hall–Kier alpha value is -0.910. The highest BCUT2D eigenvalue weighted by molar-refractivity contribution is 9.08. The molecule has 0 saturated heterocycles. The molecule has 1 heterocycles. The summed E-state index contributed by atoms with van der Waals surface area (Å²) < 4.78 is 29.6. The van der Waals surface area contributed by atoms with E-state index in [1.165, 1.54) is 7.11 Å². The molecule has 1 aromatic heterocycles. The van der Waals surface area contributed by atoms with E-state index in [9.17, 15) is 13.6 Å². The number of hydrogen-bond donors (Lipinski definition) is 1. The van der Waals surface area contributed by atoms with Crippen LogP contribution in [0.1, 0.15) is 17.7 Å². The van der Waals surface area contributed by atoms with E-state index in [0.29, 0.717) is 0 Å². The Morgan fingerprint density at radius 3 is 2.71 bits per heavy atom. The molecule has 0 fully saturated rings. The van der Waals surface area contributed by atoms with E-state index in [4.69, 9.17) is 4.74 Å². The summed E-state index contributed by atoms with van der Waals surface area (Å²) in [6.45, 7) is 0. The molecular formula is C8H8BrF2NO2. The van der Waals surface area contributed by atoms with Gasteiger partial charge in [-0.25, -0.2) is 8.78 Å². The first-order chi connectivity index (χ1) is 6.60. The molecule has 0 saturated carbocycles. The van der Waals surface area contributed by atoms with Crippen LogP contribution in [0.5, 0.6) is 5.88 Å². The summed E-state index contributed by atoms with van der Waals surface area (Å²) in [5.74, 6) is 0.175. The summed E-state index contributed by atoms with van der Waals surface area (Å²) >= 11 is 3.02. The van der Waals surface area contributed by atoms with Crippen LogP contribution in [-0.2, 0) is 5.33 Å². The van der Waals surface area contributed by atoms with Crippen molar-refractivity contribution in [2.45, 2.75) is 11.8 Å². The molecule has 0 bridgehead atoms. The van der Waals surface area contributed by atoms with Gasteiger partial charge in [0.25, 0.3) is 6.43 Å². The molecule has 0 unspecified atom stereocenters. The first kappa shape index (κ1) is 11.2. The Kier molecular flexibility index (Phi) is 3.62. The fourth-order valence-corrected chi connectivity index (χ4v) is 1.49. The van der Waals surface area contributed by atoms with Gasteiger partial charge in [0.05, 0.1) is 12.7 Å². The molecule has 0 aliphatic carbocycles. The maximum absolute atomic E-state index is 12.4. The van der Waals surface area contributed by atoms with Crippen LogP contribution in [0.2, 0.25) is 0 Å². The van der Waals surface area contributed by atoms with E-state index in [1.54, 1.807) is 0 Å². The number of aromatic nitrogens is 1. The van der Waals surface area contributed by atoms with Crippen LogP contribution in [-0.4, -0.2) is 12.1 Å². The Bertz CT molecular complexity index is 378. The zero-order valence-electron chi connectivity index (χ0n) is 7.31. The van der Waals surface area contributed by atoms with Crippen molar-refractivity contribution < 1.29 is 13.5 Å². The third kappa shape index (κ3) is 2.12. The molecule has 0 atom stereocenters. The normalized spacial score (nSPS) is 10.6. The molecule has 3 nitrogen and oxygen atoms in total. The molecular weight excluding hydrogens is 260 g/mol. The second-order valence-electron chi connectivity index (χ2n) is 2.53. The Morgan fingerprint density at radius 1 is 1.64 bits per heavy atom. The monoisotopic (exact) mass is 267 g/mol. The van der Waals surface area contributed by atoms with Crippen molar-refractivity contribution in [3.63, 3.8) is 0 Å². The standard InChI is InChI=1S/C8H8BrF2NO2/c1-14-6-2-5(13)7(8(10)11)4(3-9)12-6/h2,8H,3H2,1H3,(H,12,13). The summed E-state index contributed by atoms with van der Waals surface area (Å²) in [5.41, 5.74) is -1.09. The van der Waals surface area contributed by atoms with Crippen molar-refractivity contribution >= 4 is 15.9 Å². The molecule has 0 spiro atoms. The number of nitrogens with one attached hydrogen (secondary N) is 1. The van der Waals surface area contributed by atoms with Crippen molar-refractivity contribution in [3.05, 3.63) is 27.5 Å². The fraction of sp³-hybridized carbons (Fsp3) is 0.375. The Labute approximate surface area is 87.2 Å². The van der Waals surface area contributed by atoms with Crippen LogP contribution in [0.15, 0.2) is 10.9 Å². The van der Waals surface area contributed by atoms with Gasteiger partial charge < -0.3 is 9.72 Å². The van der Waals surface area contributed by atoms with Gasteiger partial charge in [0.15, 0.2) is 11.3 Å². The molecule has 1 rings (SSSR count). The van der Waals surface area contributed by atoms with Crippen LogP contribution < -0.4 is 10.2 Å². The molecule has 1 N–H and O–H groups in total. The van der Waals surface area contributed by atoms with Crippen molar-refractivity contribution in [2.24, 2.45) is 0 Å². The predicted octanol–water partition coefficient (Wildman–Crippen LogP) is 2.22. The zero-order valence-corrected chi connectivity index (χ0v) is 8.90. The lowest BCUT2D eigenvalue weighted by Gasteiger charge is -2.07. The summed E-state index contributed by atoms with van der Waals surface area (Å²) in [6, 6.07) is 1.01. The van der Waals surface area contributed by atoms with Crippen LogP contribution in [0.4, 0.5) is 8.78 Å². The van der Waals surface area contributed by atoms with Crippen LogP contribution in [0, 0.1) is 0 Å². The minimum atomic E-state index is -2.78. The first-order valence-electron chi connectivity index (χ1n) is 3.74. The first-order valence-corrected chi connectivity index (χ1v) is 4.86. The maximum Gasteiger partial charge on any atom is 0.269 e. The number of hydrogen-bond acceptors (Lipinski definition) is 2. The van der Waals surface area contributed by atoms with Gasteiger partial charge in [-0.2, -0.15) is 0 Å². The lowest BCUT2D eigenvalue weighted by Crippen LogP contribution is -2.14. The number of ether oxygens (including phenoxy) is 1. The number of aromatic amines is 1. The van der Waals surface area contributed by atoms with Gasteiger partial charge in [0, 0.05) is 17.1 Å². The Balaban J connectivity index is 3.35. The lowest BCUT2D eigenvalue weighted by atomic mass is 10.2. The third-order valence-corrected chi connectivity index (χ3v) is 2.26. The van der Waals surface area contributed by atoms with E-state index < -0.39 is 17.4 Å². The van der Waals surface area contributed by atoms with Gasteiger partial charge in [0.2, 0.25) is 0 Å². The van der Waals surface area contributed by atoms with Crippen molar-refractivity contribution in [2.75, 3.05) is 7.11 Å². The molecule has 0 amide bonds. The van der Waals surface area contributed by atoms with E-state index in [2.05, 4.69) is 20.9 Å². The van der Waals surface area contributed by atoms with E-state index >= 15 is 0 Å². The number of H-pyrrole nitrogens is 1. The number of alkyl halides is 3. The number of methoxy groups -OCH3 is 1. The summed E-state index contributed by atoms with van der Waals surface area (Å²) in [6.07, 6.45) is -2.78. The summed E-state index contributed by atoms with van der Waals surface area (Å²) in [4.78, 5) is 13.8. The topological polar surface area (TPSA) is 42.1 Å². The summed E-state index contributed by atoms with van der Waals surface area (Å²) in [5, 5.41) is 0.152. The highest BCUT2D eigenvalue weighted by Crippen LogP contribution is 2.21. The van der Waals surface area contributed by atoms with Gasteiger partial charge in [-0.1, -0.05) is 15.9 Å². The molecule has 0 aliphatic heterocycles. The Morgan fingerprint density at radius 2 is 2.29 bits per heavy atom. The minimum absolute atomic E-state index is 0.143. The van der Waals surface area contributed by atoms with E-state index in [-0.39, 0.29) is 16.9 Å². The second-order valence-corrected chi connectivity index (χ2v) is 3.09. The molecule has 14 heavy (non-hydrogen) atoms. The van der Waals surface area contributed by atoms with Crippen molar-refractivity contribution in [1.82, 2.24) is 4.98 Å². The second kappa shape index (κ2) is 4.54. The molecule has 0 aliphatic rings. The fourth-order valence-electron chi connectivity index (χ4n) is 1.05. The van der Waals surface area contributed by atoms with Crippen LogP contribution in [0.3, 0.4) is 0 Å². The smallest absolute Gasteiger partial charge is 0.269 e. The zero-order chi connectivity index (χ0) is 10.7. The highest BCUT2D eigenvalue weighted by atomic mass is 79.9. The minimum Gasteiger partial charge on any atom is -0.482 e. The van der Waals surface area contributed by atoms with Gasteiger partial charge in [-0.3, -0.25) is 4.79 Å². The van der Waals surface area contributed by atoms with Gasteiger partial charge in [-0.05, 0) is 0 Å². The van der Waals surface area contributed by atoms with Crippen molar-refractivity contribution in [1.29, 1.82) is 0 Å². The number of pyridine rings is 1. The quantitative estimate of drug-likeness (QED) is 0.854. The van der Waals surface area contributed by atoms with Gasteiger partial charge >= 0.3 is 0 Å². The average molecular weight is 268 g/mol. The third-order valence-electron chi connectivity index (χ3n) is 1.70. The molecule has 0 radical (unpaired) electrons. The number of halogens is 3. The average Bonchev–Trinajstić information content (AvgIpc) is 2.15. The van der Waals surface area contributed by atoms with Crippen LogP contribution in [0.25, 0.3) is 0 Å². The molecule has 0 aromatic carbocycles. The van der Waals surface area contributed by atoms with E-state index in [1.807, 2.05) is 0 Å². The number of rotatable bonds is 3. The predicted molar refractivity (Wildman–Crippen MR) is 51.2 cm³/mol. The maximum atomic E-state index is 12.4. The van der Waals surface area contributed by atoms with Gasteiger partial charge in [-0.15, -0.1) is 0 Å². The molecule has 1 aromatic rings. The van der Waals surface area contributed by atoms with E-state index in [0.717, 1.165) is 6.07 Å². The van der Waals surface area contributed by atoms with Gasteiger partial charge in [0.1, 0.15) is 0 Å². The largest absolute Gasteiger partial charge is 0.482 e. The summed E-state index contributed by atoms with van der Waals surface area (Å²) in [7, 11) is 1.35. The highest BCUT2D eigenvalue weighted by Gasteiger charge is 2.18. The van der Waals surface area contributed by atoms with Crippen molar-refractivity contribution in [3.8, 4) is 5.88 Å².